The minimum Gasteiger partial charge on any atom is -0.452 e. The number of methoxy groups -OCH3 is 1. The van der Waals surface area contributed by atoms with E-state index >= 15 is 0 Å². The molecule has 0 aliphatic heterocycles. The predicted molar refractivity (Wildman–Crippen MR) is 98.6 cm³/mol. The van der Waals surface area contributed by atoms with E-state index in [1.165, 1.54) is 6.07 Å². The second-order valence-corrected chi connectivity index (χ2v) is 5.91. The maximum absolute atomic E-state index is 12.1. The summed E-state index contributed by atoms with van der Waals surface area (Å²) in [6, 6.07) is 9.52. The van der Waals surface area contributed by atoms with Gasteiger partial charge in [-0.25, -0.2) is 4.79 Å². The Morgan fingerprint density at radius 3 is 2.37 bits per heavy atom. The summed E-state index contributed by atoms with van der Waals surface area (Å²) in [7, 11) is 1.57. The van der Waals surface area contributed by atoms with Crippen LogP contribution in [0.2, 0.25) is 0 Å². The highest BCUT2D eigenvalue weighted by Crippen LogP contribution is 2.30. The van der Waals surface area contributed by atoms with Crippen molar-refractivity contribution in [2.75, 3.05) is 19.0 Å². The number of nitrogens with zero attached hydrogens (tertiary/aromatic N) is 1. The molecule has 0 fully saturated rings. The summed E-state index contributed by atoms with van der Waals surface area (Å²) in [5, 5.41) is 13.6. The van der Waals surface area contributed by atoms with E-state index in [0.717, 1.165) is 11.1 Å². The van der Waals surface area contributed by atoms with Crippen molar-refractivity contribution in [3.63, 3.8) is 0 Å². The molecule has 1 amide bonds. The van der Waals surface area contributed by atoms with Gasteiger partial charge in [-0.3, -0.25) is 14.9 Å². The van der Waals surface area contributed by atoms with Crippen LogP contribution in [0.4, 0.5) is 11.4 Å². The number of carbonyl (C=O) groups is 2. The molecule has 1 N–H and O–H groups in total. The van der Waals surface area contributed by atoms with Crippen molar-refractivity contribution in [3.05, 3.63) is 68.8 Å². The Morgan fingerprint density at radius 2 is 1.78 bits per heavy atom. The van der Waals surface area contributed by atoms with Crippen LogP contribution >= 0.6 is 0 Å². The summed E-state index contributed by atoms with van der Waals surface area (Å²) in [6.07, 6.45) is 0. The Balaban J connectivity index is 2.01. The second kappa shape index (κ2) is 8.91. The van der Waals surface area contributed by atoms with Crippen LogP contribution in [0.5, 0.6) is 0 Å². The van der Waals surface area contributed by atoms with E-state index in [9.17, 15) is 19.7 Å². The molecule has 8 nitrogen and oxygen atoms in total. The summed E-state index contributed by atoms with van der Waals surface area (Å²) >= 11 is 0. The topological polar surface area (TPSA) is 108 Å². The molecule has 0 bridgehead atoms. The number of aryl methyl sites for hydroxylation is 1. The van der Waals surface area contributed by atoms with Crippen LogP contribution in [-0.2, 0) is 20.9 Å². The SMILES string of the molecule is COCc1ccc(C(=O)OCC(=O)Nc2c([N+](=O)[O-])ccc(C)c2C)cc1. The Hall–Kier alpha value is -3.26. The zero-order valence-corrected chi connectivity index (χ0v) is 15.3. The maximum atomic E-state index is 12.1. The normalized spacial score (nSPS) is 10.3. The molecule has 0 heterocycles. The first-order chi connectivity index (χ1) is 12.8. The summed E-state index contributed by atoms with van der Waals surface area (Å²) in [4.78, 5) is 34.7. The standard InChI is InChI=1S/C19H20N2O6/c1-12-4-9-16(21(24)25)18(13(12)2)20-17(22)11-27-19(23)15-7-5-14(6-8-15)10-26-3/h4-9H,10-11H2,1-3H3,(H,20,22). The van der Waals surface area contributed by atoms with Gasteiger partial charge in [0.1, 0.15) is 5.69 Å². The molecule has 0 aromatic heterocycles. The zero-order valence-electron chi connectivity index (χ0n) is 15.3. The van der Waals surface area contributed by atoms with Gasteiger partial charge in [-0.1, -0.05) is 18.2 Å². The summed E-state index contributed by atoms with van der Waals surface area (Å²) in [5.74, 6) is -1.32. The number of hydrogen-bond donors (Lipinski definition) is 1. The molecule has 0 aliphatic carbocycles. The first kappa shape index (κ1) is 20.1. The van der Waals surface area contributed by atoms with Gasteiger partial charge in [-0.15, -0.1) is 0 Å². The number of nitrogens with one attached hydrogen (secondary N) is 1. The highest BCUT2D eigenvalue weighted by Gasteiger charge is 2.20. The maximum Gasteiger partial charge on any atom is 0.338 e. The number of ether oxygens (including phenoxy) is 2. The van der Waals surface area contributed by atoms with Crippen LogP contribution < -0.4 is 5.32 Å². The molecule has 0 aliphatic rings. The number of benzene rings is 2. The van der Waals surface area contributed by atoms with Crippen LogP contribution in [0, 0.1) is 24.0 Å². The van der Waals surface area contributed by atoms with Crippen molar-refractivity contribution in [1.82, 2.24) is 0 Å². The van der Waals surface area contributed by atoms with E-state index in [1.54, 1.807) is 51.3 Å². The minimum absolute atomic E-state index is 0.102. The van der Waals surface area contributed by atoms with Crippen molar-refractivity contribution in [2.24, 2.45) is 0 Å². The molecule has 8 heteroatoms. The number of anilines is 1. The highest BCUT2D eigenvalue weighted by molar-refractivity contribution is 5.97. The summed E-state index contributed by atoms with van der Waals surface area (Å²) in [6.45, 7) is 3.32. The van der Waals surface area contributed by atoms with Gasteiger partial charge in [-0.05, 0) is 42.7 Å². The van der Waals surface area contributed by atoms with Crippen LogP contribution in [0.1, 0.15) is 27.0 Å². The molecule has 2 aromatic carbocycles. The fourth-order valence-electron chi connectivity index (χ4n) is 2.41. The molecule has 27 heavy (non-hydrogen) atoms. The lowest BCUT2D eigenvalue weighted by atomic mass is 10.1. The van der Waals surface area contributed by atoms with Crippen molar-refractivity contribution < 1.29 is 24.0 Å². The largest absolute Gasteiger partial charge is 0.452 e. The third-order valence-electron chi connectivity index (χ3n) is 4.01. The van der Waals surface area contributed by atoms with Gasteiger partial charge in [0, 0.05) is 13.2 Å². The van der Waals surface area contributed by atoms with E-state index in [1.807, 2.05) is 0 Å². The lowest BCUT2D eigenvalue weighted by Gasteiger charge is -2.11. The fourth-order valence-corrected chi connectivity index (χ4v) is 2.41. The molecular formula is C19H20N2O6. The predicted octanol–water partition coefficient (Wildman–Crippen LogP) is 3.15. The average Bonchev–Trinajstić information content (AvgIpc) is 2.64. The molecule has 142 valence electrons. The Labute approximate surface area is 156 Å². The molecule has 0 spiro atoms. The van der Waals surface area contributed by atoms with Gasteiger partial charge in [0.05, 0.1) is 17.1 Å². The van der Waals surface area contributed by atoms with Gasteiger partial charge >= 0.3 is 5.97 Å². The number of amides is 1. The van der Waals surface area contributed by atoms with Crippen LogP contribution in [0.15, 0.2) is 36.4 Å². The minimum atomic E-state index is -0.662. The lowest BCUT2D eigenvalue weighted by Crippen LogP contribution is -2.22. The third kappa shape index (κ3) is 5.11. The first-order valence-corrected chi connectivity index (χ1v) is 8.13. The molecule has 0 atom stereocenters. The Bertz CT molecular complexity index is 861. The van der Waals surface area contributed by atoms with Crippen LogP contribution in [-0.4, -0.2) is 30.5 Å². The van der Waals surface area contributed by atoms with E-state index < -0.39 is 23.4 Å². The monoisotopic (exact) mass is 372 g/mol. The molecule has 0 saturated carbocycles. The first-order valence-electron chi connectivity index (χ1n) is 8.13. The van der Waals surface area contributed by atoms with Gasteiger partial charge in [0.25, 0.3) is 11.6 Å². The van der Waals surface area contributed by atoms with E-state index in [2.05, 4.69) is 5.32 Å². The quantitative estimate of drug-likeness (QED) is 0.454. The smallest absolute Gasteiger partial charge is 0.338 e. The third-order valence-corrected chi connectivity index (χ3v) is 4.01. The molecule has 0 saturated heterocycles. The molecule has 0 radical (unpaired) electrons. The van der Waals surface area contributed by atoms with E-state index in [-0.39, 0.29) is 11.4 Å². The number of rotatable bonds is 7. The number of esters is 1. The van der Waals surface area contributed by atoms with Crippen LogP contribution in [0.25, 0.3) is 0 Å². The number of nitro benzene ring substituents is 1. The van der Waals surface area contributed by atoms with Crippen molar-refractivity contribution in [3.8, 4) is 0 Å². The van der Waals surface area contributed by atoms with Crippen LogP contribution in [0.3, 0.4) is 0 Å². The number of nitro groups is 1. The van der Waals surface area contributed by atoms with E-state index in [0.29, 0.717) is 17.7 Å². The van der Waals surface area contributed by atoms with Crippen molar-refractivity contribution in [1.29, 1.82) is 0 Å². The van der Waals surface area contributed by atoms with Crippen molar-refractivity contribution in [2.45, 2.75) is 20.5 Å². The summed E-state index contributed by atoms with van der Waals surface area (Å²) in [5.41, 5.74) is 2.45. The number of carbonyl (C=O) groups excluding carboxylic acids is 2. The zero-order chi connectivity index (χ0) is 20.0. The molecule has 0 unspecified atom stereocenters. The van der Waals surface area contributed by atoms with E-state index in [4.69, 9.17) is 9.47 Å². The second-order valence-electron chi connectivity index (χ2n) is 5.91. The highest BCUT2D eigenvalue weighted by atomic mass is 16.6. The molecule has 2 rings (SSSR count). The number of hydrogen-bond acceptors (Lipinski definition) is 6. The fraction of sp³-hybridized carbons (Fsp3) is 0.263. The Kier molecular flexibility index (Phi) is 6.62. The van der Waals surface area contributed by atoms with Crippen molar-refractivity contribution >= 4 is 23.3 Å². The molecular weight excluding hydrogens is 352 g/mol. The average molecular weight is 372 g/mol. The van der Waals surface area contributed by atoms with Gasteiger partial charge in [0.2, 0.25) is 0 Å². The summed E-state index contributed by atoms with van der Waals surface area (Å²) < 4.78 is 9.97. The Morgan fingerprint density at radius 1 is 1.11 bits per heavy atom. The molecule has 2 aromatic rings. The van der Waals surface area contributed by atoms with Gasteiger partial charge in [-0.2, -0.15) is 0 Å². The van der Waals surface area contributed by atoms with Gasteiger partial charge < -0.3 is 14.8 Å². The van der Waals surface area contributed by atoms with Gasteiger partial charge in [0.15, 0.2) is 6.61 Å². The lowest BCUT2D eigenvalue weighted by molar-refractivity contribution is -0.384.